The van der Waals surface area contributed by atoms with Crippen LogP contribution in [0.25, 0.3) is 10.2 Å². The van der Waals surface area contributed by atoms with E-state index < -0.39 is 6.04 Å². The molecule has 0 radical (unpaired) electrons. The van der Waals surface area contributed by atoms with E-state index in [-0.39, 0.29) is 11.9 Å². The standard InChI is InChI=1S/C12H12N4O2S/c1-6-2-3-7-9(4-6)19-12(15-7)16-10(17)8-5-13-11(18)14-8/h2-4,8H,5H2,1H3,(H2,13,14,18)(H,15,16,17). The lowest BCUT2D eigenvalue weighted by Gasteiger charge is -2.06. The first kappa shape index (κ1) is 11.9. The Bertz CT molecular complexity index is 667. The van der Waals surface area contributed by atoms with Crippen LogP contribution in [0.1, 0.15) is 5.56 Å². The van der Waals surface area contributed by atoms with E-state index in [0.29, 0.717) is 11.7 Å². The zero-order valence-corrected chi connectivity index (χ0v) is 11.0. The van der Waals surface area contributed by atoms with Crippen LogP contribution < -0.4 is 16.0 Å². The van der Waals surface area contributed by atoms with Crippen molar-refractivity contribution in [3.05, 3.63) is 23.8 Å². The van der Waals surface area contributed by atoms with Gasteiger partial charge in [0, 0.05) is 6.54 Å². The van der Waals surface area contributed by atoms with Gasteiger partial charge in [-0.25, -0.2) is 9.78 Å². The van der Waals surface area contributed by atoms with Crippen molar-refractivity contribution in [1.82, 2.24) is 15.6 Å². The molecule has 1 aromatic heterocycles. The van der Waals surface area contributed by atoms with Crippen LogP contribution in [-0.2, 0) is 4.79 Å². The summed E-state index contributed by atoms with van der Waals surface area (Å²) in [5.74, 6) is -0.255. The molecule has 2 heterocycles. The summed E-state index contributed by atoms with van der Waals surface area (Å²) in [5, 5.41) is 8.35. The summed E-state index contributed by atoms with van der Waals surface area (Å²) in [6, 6.07) is 5.08. The number of carbonyl (C=O) groups excluding carboxylic acids is 2. The second-order valence-corrected chi connectivity index (χ2v) is 5.42. The first-order valence-corrected chi connectivity index (χ1v) is 6.66. The van der Waals surface area contributed by atoms with Gasteiger partial charge in [0.05, 0.1) is 10.2 Å². The van der Waals surface area contributed by atoms with Gasteiger partial charge >= 0.3 is 6.03 Å². The summed E-state index contributed by atoms with van der Waals surface area (Å²) in [5.41, 5.74) is 2.01. The topological polar surface area (TPSA) is 83.1 Å². The summed E-state index contributed by atoms with van der Waals surface area (Å²) in [6.45, 7) is 2.31. The molecule has 3 amide bonds. The molecule has 2 aromatic rings. The number of thiazole rings is 1. The number of fused-ring (bicyclic) bond motifs is 1. The molecular weight excluding hydrogens is 264 g/mol. The smallest absolute Gasteiger partial charge is 0.315 e. The van der Waals surface area contributed by atoms with Crippen molar-refractivity contribution < 1.29 is 9.59 Å². The molecule has 0 spiro atoms. The highest BCUT2D eigenvalue weighted by Gasteiger charge is 2.27. The van der Waals surface area contributed by atoms with Gasteiger partial charge in [-0.3, -0.25) is 4.79 Å². The minimum absolute atomic E-state index is 0.255. The Hall–Kier alpha value is -2.15. The number of carbonyl (C=O) groups is 2. The van der Waals surface area contributed by atoms with E-state index in [1.807, 2.05) is 25.1 Å². The molecule has 3 rings (SSSR count). The zero-order chi connectivity index (χ0) is 13.4. The number of aromatic nitrogens is 1. The van der Waals surface area contributed by atoms with Crippen LogP contribution in [0.4, 0.5) is 9.93 Å². The molecule has 6 nitrogen and oxygen atoms in total. The van der Waals surface area contributed by atoms with Crippen LogP contribution in [0.2, 0.25) is 0 Å². The van der Waals surface area contributed by atoms with Crippen LogP contribution in [-0.4, -0.2) is 29.5 Å². The van der Waals surface area contributed by atoms with Crippen molar-refractivity contribution in [2.45, 2.75) is 13.0 Å². The molecule has 0 saturated carbocycles. The number of benzene rings is 1. The third kappa shape index (κ3) is 2.37. The molecule has 3 N–H and O–H groups in total. The Labute approximate surface area is 113 Å². The van der Waals surface area contributed by atoms with E-state index in [2.05, 4.69) is 20.9 Å². The number of hydrogen-bond acceptors (Lipinski definition) is 4. The fraction of sp³-hybridized carbons (Fsp3) is 0.250. The minimum Gasteiger partial charge on any atom is -0.336 e. The molecule has 7 heteroatoms. The predicted octanol–water partition coefficient (Wildman–Crippen LogP) is 1.22. The summed E-state index contributed by atoms with van der Waals surface area (Å²) >= 11 is 1.42. The molecule has 0 aliphatic carbocycles. The first-order chi connectivity index (χ1) is 9.11. The maximum Gasteiger partial charge on any atom is 0.315 e. The second-order valence-electron chi connectivity index (χ2n) is 4.39. The summed E-state index contributed by atoms with van der Waals surface area (Å²) in [6.07, 6.45) is 0. The van der Waals surface area contributed by atoms with Crippen LogP contribution in [0.5, 0.6) is 0 Å². The van der Waals surface area contributed by atoms with Gasteiger partial charge in [0.1, 0.15) is 6.04 Å². The largest absolute Gasteiger partial charge is 0.336 e. The summed E-state index contributed by atoms with van der Waals surface area (Å²) < 4.78 is 1.03. The van der Waals surface area contributed by atoms with Crippen molar-refractivity contribution in [1.29, 1.82) is 0 Å². The molecule has 98 valence electrons. The molecule has 1 atom stereocenters. The average molecular weight is 276 g/mol. The van der Waals surface area contributed by atoms with Crippen LogP contribution >= 0.6 is 11.3 Å². The number of aryl methyl sites for hydroxylation is 1. The highest BCUT2D eigenvalue weighted by Crippen LogP contribution is 2.26. The third-order valence-corrected chi connectivity index (χ3v) is 3.80. The summed E-state index contributed by atoms with van der Waals surface area (Å²) in [7, 11) is 0. The number of anilines is 1. The Balaban J connectivity index is 1.77. The lowest BCUT2D eigenvalue weighted by Crippen LogP contribution is -2.38. The van der Waals surface area contributed by atoms with E-state index in [9.17, 15) is 9.59 Å². The Morgan fingerprint density at radius 1 is 1.53 bits per heavy atom. The van der Waals surface area contributed by atoms with Crippen molar-refractivity contribution in [3.63, 3.8) is 0 Å². The normalized spacial score (nSPS) is 18.2. The van der Waals surface area contributed by atoms with E-state index in [1.54, 1.807) is 0 Å². The van der Waals surface area contributed by atoms with Crippen LogP contribution in [0.15, 0.2) is 18.2 Å². The van der Waals surface area contributed by atoms with Gasteiger partial charge in [-0.2, -0.15) is 0 Å². The monoisotopic (exact) mass is 276 g/mol. The van der Waals surface area contributed by atoms with Crippen LogP contribution in [0, 0.1) is 6.92 Å². The van der Waals surface area contributed by atoms with Gasteiger partial charge in [0.25, 0.3) is 5.91 Å². The number of amides is 3. The fourth-order valence-electron chi connectivity index (χ4n) is 1.89. The molecule has 1 aliphatic heterocycles. The zero-order valence-electron chi connectivity index (χ0n) is 10.2. The molecule has 1 saturated heterocycles. The molecular formula is C12H12N4O2S. The molecule has 1 aromatic carbocycles. The quantitative estimate of drug-likeness (QED) is 0.771. The van der Waals surface area contributed by atoms with Gasteiger partial charge in [0.2, 0.25) is 0 Å². The maximum atomic E-state index is 11.9. The van der Waals surface area contributed by atoms with Crippen molar-refractivity contribution >= 4 is 38.6 Å². The third-order valence-electron chi connectivity index (χ3n) is 2.86. The van der Waals surface area contributed by atoms with Gasteiger partial charge in [-0.1, -0.05) is 17.4 Å². The molecule has 0 bridgehead atoms. The van der Waals surface area contributed by atoms with Crippen LogP contribution in [0.3, 0.4) is 0 Å². The highest BCUT2D eigenvalue weighted by atomic mass is 32.1. The van der Waals surface area contributed by atoms with E-state index in [4.69, 9.17) is 0 Å². The highest BCUT2D eigenvalue weighted by molar-refractivity contribution is 7.22. The molecule has 1 unspecified atom stereocenters. The van der Waals surface area contributed by atoms with Crippen molar-refractivity contribution in [3.8, 4) is 0 Å². The van der Waals surface area contributed by atoms with E-state index in [1.165, 1.54) is 11.3 Å². The molecule has 19 heavy (non-hydrogen) atoms. The number of nitrogens with zero attached hydrogens (tertiary/aromatic N) is 1. The average Bonchev–Trinajstić information content (AvgIpc) is 2.94. The van der Waals surface area contributed by atoms with Gasteiger partial charge in [0.15, 0.2) is 5.13 Å². The Morgan fingerprint density at radius 2 is 2.37 bits per heavy atom. The molecule has 1 aliphatic rings. The number of urea groups is 1. The van der Waals surface area contributed by atoms with E-state index >= 15 is 0 Å². The number of hydrogen-bond donors (Lipinski definition) is 3. The van der Waals surface area contributed by atoms with Crippen molar-refractivity contribution in [2.24, 2.45) is 0 Å². The minimum atomic E-state index is -0.541. The number of rotatable bonds is 2. The van der Waals surface area contributed by atoms with Crippen molar-refractivity contribution in [2.75, 3.05) is 11.9 Å². The molecule has 1 fully saturated rings. The van der Waals surface area contributed by atoms with Gasteiger partial charge in [-0.15, -0.1) is 0 Å². The van der Waals surface area contributed by atoms with Gasteiger partial charge in [-0.05, 0) is 24.6 Å². The lowest BCUT2D eigenvalue weighted by molar-refractivity contribution is -0.117. The Kier molecular flexibility index (Phi) is 2.83. The second kappa shape index (κ2) is 4.51. The SMILES string of the molecule is Cc1ccc2nc(NC(=O)C3CNC(=O)N3)sc2c1. The Morgan fingerprint density at radius 3 is 3.11 bits per heavy atom. The number of nitrogens with one attached hydrogen (secondary N) is 3. The van der Waals surface area contributed by atoms with E-state index in [0.717, 1.165) is 15.8 Å². The fourth-order valence-corrected chi connectivity index (χ4v) is 2.86. The van der Waals surface area contributed by atoms with Gasteiger partial charge < -0.3 is 16.0 Å². The lowest BCUT2D eigenvalue weighted by atomic mass is 10.2. The summed E-state index contributed by atoms with van der Waals surface area (Å²) in [4.78, 5) is 27.2. The predicted molar refractivity (Wildman–Crippen MR) is 73.3 cm³/mol. The first-order valence-electron chi connectivity index (χ1n) is 5.84. The maximum absolute atomic E-state index is 11.9.